The minimum Gasteiger partial charge on any atom is -0.325 e. The molecule has 3 nitrogen and oxygen atoms in total. The number of benzene rings is 1. The Kier molecular flexibility index (Phi) is 1.64. The van der Waals surface area contributed by atoms with Crippen LogP contribution in [-0.2, 0) is 0 Å². The lowest BCUT2D eigenvalue weighted by Crippen LogP contribution is -2.20. The molecule has 1 aliphatic rings. The van der Waals surface area contributed by atoms with E-state index in [4.69, 9.17) is 10.8 Å². The van der Waals surface area contributed by atoms with Crippen LogP contribution in [0.3, 0.4) is 0 Å². The number of amidine groups is 2. The molecule has 0 spiro atoms. The van der Waals surface area contributed by atoms with Crippen LogP contribution in [0.4, 0.5) is 0 Å². The third kappa shape index (κ3) is 1.03. The maximum absolute atomic E-state index is 7.50. The Labute approximate surface area is 83.3 Å². The predicted molar refractivity (Wildman–Crippen MR) is 56.0 cm³/mol. The van der Waals surface area contributed by atoms with Crippen molar-refractivity contribution in [1.82, 2.24) is 5.32 Å². The first-order chi connectivity index (χ1) is 5.68. The third-order valence-corrected chi connectivity index (χ3v) is 2.44. The van der Waals surface area contributed by atoms with Crippen LogP contribution in [0.5, 0.6) is 0 Å². The monoisotopic (exact) mass is 271 g/mol. The maximum Gasteiger partial charge on any atom is 0.131 e. The smallest absolute Gasteiger partial charge is 0.131 e. The van der Waals surface area contributed by atoms with E-state index in [0.29, 0.717) is 11.7 Å². The molecule has 0 saturated carbocycles. The van der Waals surface area contributed by atoms with Gasteiger partial charge in [-0.2, -0.15) is 0 Å². The van der Waals surface area contributed by atoms with E-state index < -0.39 is 0 Å². The van der Waals surface area contributed by atoms with Gasteiger partial charge in [0.15, 0.2) is 0 Å². The minimum atomic E-state index is 0.325. The van der Waals surface area contributed by atoms with Crippen molar-refractivity contribution in [2.24, 2.45) is 0 Å². The van der Waals surface area contributed by atoms with E-state index in [1.165, 1.54) is 0 Å². The van der Waals surface area contributed by atoms with E-state index >= 15 is 0 Å². The summed E-state index contributed by atoms with van der Waals surface area (Å²) in [5.41, 5.74) is 1.65. The summed E-state index contributed by atoms with van der Waals surface area (Å²) in [4.78, 5) is 0. The van der Waals surface area contributed by atoms with Gasteiger partial charge in [-0.1, -0.05) is 0 Å². The zero-order valence-electron chi connectivity index (χ0n) is 6.11. The lowest BCUT2D eigenvalue weighted by atomic mass is 10.1. The lowest BCUT2D eigenvalue weighted by Gasteiger charge is -1.95. The average molecular weight is 271 g/mol. The Morgan fingerprint density at radius 1 is 1.08 bits per heavy atom. The molecule has 1 aromatic rings. The molecular weight excluding hydrogens is 265 g/mol. The van der Waals surface area contributed by atoms with Gasteiger partial charge in [-0.3, -0.25) is 10.8 Å². The molecule has 4 heteroatoms. The van der Waals surface area contributed by atoms with E-state index in [0.717, 1.165) is 14.7 Å². The molecule has 2 rings (SSSR count). The first kappa shape index (κ1) is 7.72. The molecule has 0 atom stereocenters. The van der Waals surface area contributed by atoms with E-state index in [9.17, 15) is 0 Å². The molecule has 1 aliphatic heterocycles. The molecule has 1 aromatic carbocycles. The number of hydrogen-bond donors (Lipinski definition) is 3. The molecule has 0 saturated heterocycles. The fourth-order valence-corrected chi connectivity index (χ4v) is 1.69. The summed E-state index contributed by atoms with van der Waals surface area (Å²) >= 11 is 2.20. The van der Waals surface area contributed by atoms with E-state index in [1.807, 2.05) is 18.2 Å². The van der Waals surface area contributed by atoms with Crippen LogP contribution in [0.15, 0.2) is 18.2 Å². The van der Waals surface area contributed by atoms with Gasteiger partial charge in [0.1, 0.15) is 11.7 Å². The second kappa shape index (κ2) is 2.55. The van der Waals surface area contributed by atoms with Crippen LogP contribution in [0, 0.1) is 14.4 Å². The van der Waals surface area contributed by atoms with Crippen molar-refractivity contribution >= 4 is 34.3 Å². The van der Waals surface area contributed by atoms with Crippen molar-refractivity contribution < 1.29 is 0 Å². The Balaban J connectivity index is 2.68. The van der Waals surface area contributed by atoms with Crippen LogP contribution in [-0.4, -0.2) is 11.7 Å². The fraction of sp³-hybridized carbons (Fsp3) is 0. The Morgan fingerprint density at radius 3 is 2.50 bits per heavy atom. The lowest BCUT2D eigenvalue weighted by molar-refractivity contribution is 1.29. The summed E-state index contributed by atoms with van der Waals surface area (Å²) in [6.45, 7) is 0. The second-order valence-corrected chi connectivity index (χ2v) is 3.81. The zero-order chi connectivity index (χ0) is 8.72. The molecule has 0 unspecified atom stereocenters. The first-order valence-electron chi connectivity index (χ1n) is 3.43. The standard InChI is InChI=1S/C8H6IN3/c9-4-1-2-5-6(3-4)8(11)12-7(5)10/h1-3H,(H3,10,11,12). The highest BCUT2D eigenvalue weighted by molar-refractivity contribution is 14.1. The first-order valence-corrected chi connectivity index (χ1v) is 4.51. The van der Waals surface area contributed by atoms with Crippen LogP contribution in [0.2, 0.25) is 0 Å². The number of rotatable bonds is 0. The summed E-state index contributed by atoms with van der Waals surface area (Å²) in [5.74, 6) is 0.653. The SMILES string of the molecule is N=C1NC(=N)c2cc(I)ccc21. The number of nitrogens with one attached hydrogen (secondary N) is 3. The number of halogens is 1. The molecule has 0 radical (unpaired) electrons. The van der Waals surface area contributed by atoms with Crippen molar-refractivity contribution in [1.29, 1.82) is 10.8 Å². The molecule has 0 amide bonds. The largest absolute Gasteiger partial charge is 0.325 e. The molecule has 0 bridgehead atoms. The highest BCUT2D eigenvalue weighted by Crippen LogP contribution is 2.17. The van der Waals surface area contributed by atoms with Crippen LogP contribution < -0.4 is 5.32 Å². The van der Waals surface area contributed by atoms with Gasteiger partial charge in [0.2, 0.25) is 0 Å². The summed E-state index contributed by atoms with van der Waals surface area (Å²) in [5, 5.41) is 17.7. The van der Waals surface area contributed by atoms with Crippen LogP contribution >= 0.6 is 22.6 Å². The van der Waals surface area contributed by atoms with Crippen molar-refractivity contribution in [2.45, 2.75) is 0 Å². The molecule has 3 N–H and O–H groups in total. The van der Waals surface area contributed by atoms with Crippen LogP contribution in [0.1, 0.15) is 11.1 Å². The van der Waals surface area contributed by atoms with Crippen molar-refractivity contribution in [3.05, 3.63) is 32.9 Å². The Hall–Kier alpha value is -0.910. The van der Waals surface area contributed by atoms with Crippen molar-refractivity contribution in [3.8, 4) is 0 Å². The van der Waals surface area contributed by atoms with Gasteiger partial charge in [-0.25, -0.2) is 0 Å². The fourth-order valence-electron chi connectivity index (χ4n) is 1.20. The highest BCUT2D eigenvalue weighted by atomic mass is 127. The zero-order valence-corrected chi connectivity index (χ0v) is 8.27. The van der Waals surface area contributed by atoms with Gasteiger partial charge < -0.3 is 5.32 Å². The summed E-state index contributed by atoms with van der Waals surface area (Å²) in [7, 11) is 0. The van der Waals surface area contributed by atoms with Gasteiger partial charge in [-0.15, -0.1) is 0 Å². The average Bonchev–Trinajstić information content (AvgIpc) is 2.28. The number of hydrogen-bond acceptors (Lipinski definition) is 2. The normalized spacial score (nSPS) is 14.4. The third-order valence-electron chi connectivity index (χ3n) is 1.77. The molecule has 0 aliphatic carbocycles. The molecule has 0 fully saturated rings. The van der Waals surface area contributed by atoms with E-state index in [2.05, 4.69) is 27.9 Å². The highest BCUT2D eigenvalue weighted by Gasteiger charge is 2.20. The van der Waals surface area contributed by atoms with Gasteiger partial charge in [0.25, 0.3) is 0 Å². The van der Waals surface area contributed by atoms with Crippen molar-refractivity contribution in [2.75, 3.05) is 0 Å². The van der Waals surface area contributed by atoms with Gasteiger partial charge in [0, 0.05) is 14.7 Å². The number of fused-ring (bicyclic) bond motifs is 1. The van der Waals surface area contributed by atoms with E-state index in [1.54, 1.807) is 0 Å². The predicted octanol–water partition coefficient (Wildman–Crippen LogP) is 1.55. The molecule has 1 heterocycles. The summed E-state index contributed by atoms with van der Waals surface area (Å²) in [6.07, 6.45) is 0. The second-order valence-electron chi connectivity index (χ2n) is 2.56. The van der Waals surface area contributed by atoms with Gasteiger partial charge >= 0.3 is 0 Å². The van der Waals surface area contributed by atoms with Crippen LogP contribution in [0.25, 0.3) is 0 Å². The maximum atomic E-state index is 7.50. The molecule has 0 aromatic heterocycles. The summed E-state index contributed by atoms with van der Waals surface area (Å²) in [6, 6.07) is 5.72. The van der Waals surface area contributed by atoms with E-state index in [-0.39, 0.29) is 0 Å². The Bertz CT molecular complexity index is 384. The van der Waals surface area contributed by atoms with Gasteiger partial charge in [0.05, 0.1) is 0 Å². The molecule has 60 valence electrons. The van der Waals surface area contributed by atoms with Crippen molar-refractivity contribution in [3.63, 3.8) is 0 Å². The molecular formula is C8H6IN3. The minimum absolute atomic E-state index is 0.325. The van der Waals surface area contributed by atoms with Gasteiger partial charge in [-0.05, 0) is 40.8 Å². The Morgan fingerprint density at radius 2 is 1.75 bits per heavy atom. The summed E-state index contributed by atoms with van der Waals surface area (Å²) < 4.78 is 1.09. The molecule has 12 heavy (non-hydrogen) atoms. The topological polar surface area (TPSA) is 59.7 Å². The quantitative estimate of drug-likeness (QED) is 0.616.